The molecule has 0 aromatic rings. The fourth-order valence-corrected chi connectivity index (χ4v) is 2.27. The molecule has 4 heteroatoms. The van der Waals surface area contributed by atoms with E-state index < -0.39 is 11.6 Å². The molecule has 0 unspecified atom stereocenters. The molecule has 88 valence electrons. The van der Waals surface area contributed by atoms with Gasteiger partial charge >= 0.3 is 5.97 Å². The second kappa shape index (κ2) is 5.47. The van der Waals surface area contributed by atoms with Gasteiger partial charge in [0, 0.05) is 13.0 Å². The third kappa shape index (κ3) is 4.62. The van der Waals surface area contributed by atoms with E-state index in [1.54, 1.807) is 0 Å². The molecule has 1 aliphatic rings. The lowest BCUT2D eigenvalue weighted by molar-refractivity contribution is -0.137. The zero-order valence-electron chi connectivity index (χ0n) is 9.41. The highest BCUT2D eigenvalue weighted by Gasteiger charge is 2.31. The molecular formula is C11H21NO3. The van der Waals surface area contributed by atoms with E-state index in [2.05, 4.69) is 0 Å². The van der Waals surface area contributed by atoms with Crippen LogP contribution in [0.15, 0.2) is 0 Å². The molecule has 1 saturated carbocycles. The van der Waals surface area contributed by atoms with Crippen LogP contribution in [0.1, 0.15) is 38.5 Å². The molecule has 0 amide bonds. The molecule has 0 aromatic carbocycles. The SMILES string of the molecule is CN(CCCC(=O)O)CC1(O)CCCC1. The molecule has 15 heavy (non-hydrogen) atoms. The molecule has 0 aromatic heterocycles. The Balaban J connectivity index is 2.17. The van der Waals surface area contributed by atoms with Crippen LogP contribution in [0.25, 0.3) is 0 Å². The number of carbonyl (C=O) groups is 1. The summed E-state index contributed by atoms with van der Waals surface area (Å²) >= 11 is 0. The molecule has 2 N–H and O–H groups in total. The second-order valence-corrected chi connectivity index (χ2v) is 4.67. The van der Waals surface area contributed by atoms with Crippen LogP contribution in [0.3, 0.4) is 0 Å². The van der Waals surface area contributed by atoms with Crippen LogP contribution in [0.2, 0.25) is 0 Å². The van der Waals surface area contributed by atoms with E-state index in [4.69, 9.17) is 5.11 Å². The highest BCUT2D eigenvalue weighted by atomic mass is 16.4. The van der Waals surface area contributed by atoms with E-state index >= 15 is 0 Å². The topological polar surface area (TPSA) is 60.8 Å². The van der Waals surface area contributed by atoms with Crippen molar-refractivity contribution in [2.24, 2.45) is 0 Å². The number of aliphatic carboxylic acids is 1. The van der Waals surface area contributed by atoms with Crippen molar-refractivity contribution < 1.29 is 15.0 Å². The number of hydrogen-bond donors (Lipinski definition) is 2. The van der Waals surface area contributed by atoms with Crippen molar-refractivity contribution in [3.05, 3.63) is 0 Å². The maximum atomic E-state index is 10.3. The lowest BCUT2D eigenvalue weighted by Crippen LogP contribution is -2.39. The van der Waals surface area contributed by atoms with Gasteiger partial charge in [-0.15, -0.1) is 0 Å². The number of nitrogens with zero attached hydrogens (tertiary/aromatic N) is 1. The van der Waals surface area contributed by atoms with Crippen LogP contribution in [0, 0.1) is 0 Å². The van der Waals surface area contributed by atoms with E-state index in [9.17, 15) is 9.90 Å². The van der Waals surface area contributed by atoms with Gasteiger partial charge in [0.2, 0.25) is 0 Å². The van der Waals surface area contributed by atoms with Gasteiger partial charge in [-0.2, -0.15) is 0 Å². The molecular weight excluding hydrogens is 194 g/mol. The van der Waals surface area contributed by atoms with Gasteiger partial charge in [0.25, 0.3) is 0 Å². The van der Waals surface area contributed by atoms with Gasteiger partial charge in [0.05, 0.1) is 5.60 Å². The third-order valence-corrected chi connectivity index (χ3v) is 3.03. The van der Waals surface area contributed by atoms with Crippen molar-refractivity contribution in [1.29, 1.82) is 0 Å². The van der Waals surface area contributed by atoms with Crippen molar-refractivity contribution in [2.75, 3.05) is 20.1 Å². The number of aliphatic hydroxyl groups is 1. The number of carboxylic acids is 1. The highest BCUT2D eigenvalue weighted by molar-refractivity contribution is 5.66. The molecule has 0 spiro atoms. The second-order valence-electron chi connectivity index (χ2n) is 4.67. The number of hydrogen-bond acceptors (Lipinski definition) is 3. The quantitative estimate of drug-likeness (QED) is 0.696. The van der Waals surface area contributed by atoms with Crippen LogP contribution in [0.5, 0.6) is 0 Å². The fraction of sp³-hybridized carbons (Fsp3) is 0.909. The molecule has 0 bridgehead atoms. The molecule has 0 aliphatic heterocycles. The normalized spacial score (nSPS) is 19.7. The molecule has 0 atom stereocenters. The van der Waals surface area contributed by atoms with Crippen molar-refractivity contribution in [3.63, 3.8) is 0 Å². The monoisotopic (exact) mass is 215 g/mol. The maximum absolute atomic E-state index is 10.3. The van der Waals surface area contributed by atoms with Crippen molar-refractivity contribution in [3.8, 4) is 0 Å². The zero-order valence-corrected chi connectivity index (χ0v) is 9.41. The van der Waals surface area contributed by atoms with Gasteiger partial charge in [0.1, 0.15) is 0 Å². The average molecular weight is 215 g/mol. The smallest absolute Gasteiger partial charge is 0.303 e. The number of carboxylic acid groups (broad SMARTS) is 1. The van der Waals surface area contributed by atoms with Gasteiger partial charge < -0.3 is 15.1 Å². The summed E-state index contributed by atoms with van der Waals surface area (Å²) in [6.45, 7) is 1.42. The minimum Gasteiger partial charge on any atom is -0.481 e. The Bertz CT molecular complexity index is 212. The van der Waals surface area contributed by atoms with E-state index in [0.29, 0.717) is 13.0 Å². The summed E-state index contributed by atoms with van der Waals surface area (Å²) < 4.78 is 0. The Morgan fingerprint density at radius 3 is 2.53 bits per heavy atom. The standard InChI is InChI=1S/C11H21NO3/c1-12(8-4-5-10(13)14)9-11(15)6-2-3-7-11/h15H,2-9H2,1H3,(H,13,14). The average Bonchev–Trinajstić information content (AvgIpc) is 2.50. The first-order valence-electron chi connectivity index (χ1n) is 5.65. The van der Waals surface area contributed by atoms with Crippen LogP contribution < -0.4 is 0 Å². The van der Waals surface area contributed by atoms with Gasteiger partial charge in [-0.05, 0) is 32.9 Å². The van der Waals surface area contributed by atoms with E-state index in [0.717, 1.165) is 32.2 Å². The van der Waals surface area contributed by atoms with Crippen LogP contribution in [-0.2, 0) is 4.79 Å². The summed E-state index contributed by atoms with van der Waals surface area (Å²) in [5.74, 6) is -0.747. The molecule has 4 nitrogen and oxygen atoms in total. The Labute approximate surface area is 90.9 Å². The van der Waals surface area contributed by atoms with Crippen LogP contribution in [-0.4, -0.2) is 46.8 Å². The highest BCUT2D eigenvalue weighted by Crippen LogP contribution is 2.29. The first kappa shape index (κ1) is 12.5. The summed E-state index contributed by atoms with van der Waals surface area (Å²) in [5.41, 5.74) is -0.516. The summed E-state index contributed by atoms with van der Waals surface area (Å²) in [7, 11) is 1.94. The fourth-order valence-electron chi connectivity index (χ4n) is 2.27. The van der Waals surface area contributed by atoms with Crippen LogP contribution >= 0.6 is 0 Å². The maximum Gasteiger partial charge on any atom is 0.303 e. The van der Waals surface area contributed by atoms with Crippen LogP contribution in [0.4, 0.5) is 0 Å². The minimum atomic E-state index is -0.747. The van der Waals surface area contributed by atoms with E-state index in [1.807, 2.05) is 11.9 Å². The lowest BCUT2D eigenvalue weighted by Gasteiger charge is -2.28. The summed E-state index contributed by atoms with van der Waals surface area (Å²) in [5, 5.41) is 18.6. The zero-order chi connectivity index (χ0) is 11.3. The molecule has 0 radical (unpaired) electrons. The Hall–Kier alpha value is -0.610. The van der Waals surface area contributed by atoms with Gasteiger partial charge in [0.15, 0.2) is 0 Å². The number of likely N-dealkylation sites (N-methyl/N-ethyl adjacent to an activating group) is 1. The van der Waals surface area contributed by atoms with Crippen molar-refractivity contribution >= 4 is 5.97 Å². The first-order chi connectivity index (χ1) is 7.02. The summed E-state index contributed by atoms with van der Waals surface area (Å²) in [6.07, 6.45) is 4.86. The molecule has 1 fully saturated rings. The summed E-state index contributed by atoms with van der Waals surface area (Å²) in [4.78, 5) is 12.4. The summed E-state index contributed by atoms with van der Waals surface area (Å²) in [6, 6.07) is 0. The van der Waals surface area contributed by atoms with E-state index in [1.165, 1.54) is 0 Å². The number of rotatable bonds is 6. The van der Waals surface area contributed by atoms with Crippen molar-refractivity contribution in [2.45, 2.75) is 44.1 Å². The van der Waals surface area contributed by atoms with E-state index in [-0.39, 0.29) is 6.42 Å². The lowest BCUT2D eigenvalue weighted by atomic mass is 10.0. The van der Waals surface area contributed by atoms with Gasteiger partial charge in [-0.1, -0.05) is 12.8 Å². The Kier molecular flexibility index (Phi) is 4.54. The molecule has 1 rings (SSSR count). The Morgan fingerprint density at radius 1 is 1.40 bits per heavy atom. The predicted octanol–water partition coefficient (Wildman–Crippen LogP) is 1.09. The molecule has 0 saturated heterocycles. The van der Waals surface area contributed by atoms with Gasteiger partial charge in [-0.3, -0.25) is 4.79 Å². The largest absolute Gasteiger partial charge is 0.481 e. The Morgan fingerprint density at radius 2 is 2.00 bits per heavy atom. The first-order valence-corrected chi connectivity index (χ1v) is 5.65. The predicted molar refractivity (Wildman–Crippen MR) is 57.8 cm³/mol. The molecule has 0 heterocycles. The third-order valence-electron chi connectivity index (χ3n) is 3.03. The molecule has 1 aliphatic carbocycles. The van der Waals surface area contributed by atoms with Gasteiger partial charge in [-0.25, -0.2) is 0 Å². The minimum absolute atomic E-state index is 0.211. The van der Waals surface area contributed by atoms with Crippen molar-refractivity contribution in [1.82, 2.24) is 4.90 Å².